The standard InChI is InChI=1S/C36H44F2O3/c1-3-5-7-9-11-13-17-28-23-26-32(35(38)34(28)37)36(40)41-29-24-21-27(22-25-29)30-18-15-16-19-31(30)33(39)20-14-12-10-8-6-4-2/h15-16,18-19,21-26H,3-14,17,20H2,1-2H3. The fourth-order valence-electron chi connectivity index (χ4n) is 5.08. The van der Waals surface area contributed by atoms with Crippen molar-refractivity contribution in [3.05, 3.63) is 89.0 Å². The van der Waals surface area contributed by atoms with Gasteiger partial charge in [-0.05, 0) is 54.2 Å². The van der Waals surface area contributed by atoms with Crippen LogP contribution in [0, 0.1) is 11.6 Å². The fourth-order valence-corrected chi connectivity index (χ4v) is 5.08. The lowest BCUT2D eigenvalue weighted by Crippen LogP contribution is -2.13. The van der Waals surface area contributed by atoms with Crippen LogP contribution in [-0.4, -0.2) is 11.8 Å². The first-order valence-electron chi connectivity index (χ1n) is 15.4. The number of hydrogen-bond donors (Lipinski definition) is 0. The summed E-state index contributed by atoms with van der Waals surface area (Å²) in [6, 6.07) is 17.0. The summed E-state index contributed by atoms with van der Waals surface area (Å²) < 4.78 is 34.8. The number of ketones is 1. The maximum absolute atomic E-state index is 14.8. The first-order valence-corrected chi connectivity index (χ1v) is 15.4. The number of rotatable bonds is 18. The first kappa shape index (κ1) is 32.2. The highest BCUT2D eigenvalue weighted by Crippen LogP contribution is 2.28. The second kappa shape index (κ2) is 17.5. The van der Waals surface area contributed by atoms with Crippen LogP contribution in [0.5, 0.6) is 5.75 Å². The van der Waals surface area contributed by atoms with Gasteiger partial charge in [-0.1, -0.05) is 121 Å². The molecule has 0 amide bonds. The minimum absolute atomic E-state index is 0.115. The molecular weight excluding hydrogens is 518 g/mol. The monoisotopic (exact) mass is 562 g/mol. The minimum atomic E-state index is -1.17. The Morgan fingerprint density at radius 2 is 1.24 bits per heavy atom. The van der Waals surface area contributed by atoms with E-state index >= 15 is 0 Å². The van der Waals surface area contributed by atoms with Crippen LogP contribution < -0.4 is 4.74 Å². The third-order valence-electron chi connectivity index (χ3n) is 7.54. The molecule has 0 saturated heterocycles. The highest BCUT2D eigenvalue weighted by molar-refractivity contribution is 6.02. The van der Waals surface area contributed by atoms with Crippen molar-refractivity contribution in [3.8, 4) is 16.9 Å². The molecule has 0 heterocycles. The molecule has 0 N–H and O–H groups in total. The molecule has 41 heavy (non-hydrogen) atoms. The second-order valence-corrected chi connectivity index (χ2v) is 10.8. The first-order chi connectivity index (χ1) is 20.0. The number of Topliss-reactive ketones (excluding diaryl/α,β-unsaturated/α-hetero) is 1. The van der Waals surface area contributed by atoms with Gasteiger partial charge in [0, 0.05) is 12.0 Å². The van der Waals surface area contributed by atoms with Crippen molar-refractivity contribution in [3.63, 3.8) is 0 Å². The molecule has 0 aliphatic carbocycles. The van der Waals surface area contributed by atoms with E-state index in [0.717, 1.165) is 62.5 Å². The van der Waals surface area contributed by atoms with Crippen LogP contribution in [0.3, 0.4) is 0 Å². The van der Waals surface area contributed by atoms with Crippen molar-refractivity contribution in [2.24, 2.45) is 0 Å². The number of benzene rings is 3. The van der Waals surface area contributed by atoms with Gasteiger partial charge in [0.15, 0.2) is 17.4 Å². The number of hydrogen-bond acceptors (Lipinski definition) is 3. The zero-order valence-electron chi connectivity index (χ0n) is 24.7. The molecule has 3 aromatic carbocycles. The fraction of sp³-hybridized carbons (Fsp3) is 0.444. The van der Waals surface area contributed by atoms with Crippen molar-refractivity contribution < 1.29 is 23.1 Å². The van der Waals surface area contributed by atoms with Gasteiger partial charge in [-0.25, -0.2) is 13.6 Å². The smallest absolute Gasteiger partial charge is 0.346 e. The number of halogens is 2. The Balaban J connectivity index is 1.60. The molecule has 0 aromatic heterocycles. The topological polar surface area (TPSA) is 43.4 Å². The summed E-state index contributed by atoms with van der Waals surface area (Å²) in [5.74, 6) is -2.78. The van der Waals surface area contributed by atoms with E-state index in [-0.39, 0.29) is 17.1 Å². The Bertz CT molecular complexity index is 1250. The van der Waals surface area contributed by atoms with E-state index in [9.17, 15) is 18.4 Å². The SMILES string of the molecule is CCCCCCCCC(=O)c1ccccc1-c1ccc(OC(=O)c2ccc(CCCCCCCC)c(F)c2F)cc1. The molecule has 0 radical (unpaired) electrons. The summed E-state index contributed by atoms with van der Waals surface area (Å²) in [5.41, 5.74) is 2.15. The zero-order chi connectivity index (χ0) is 29.5. The van der Waals surface area contributed by atoms with Crippen molar-refractivity contribution in [1.29, 1.82) is 0 Å². The summed E-state index contributed by atoms with van der Waals surface area (Å²) >= 11 is 0. The number of unbranched alkanes of at least 4 members (excludes halogenated alkanes) is 10. The number of aryl methyl sites for hydroxylation is 1. The van der Waals surface area contributed by atoms with E-state index in [1.807, 2.05) is 24.3 Å². The number of carbonyl (C=O) groups is 2. The molecule has 0 fully saturated rings. The van der Waals surface area contributed by atoms with Gasteiger partial charge < -0.3 is 4.74 Å². The van der Waals surface area contributed by atoms with E-state index in [1.165, 1.54) is 37.8 Å². The van der Waals surface area contributed by atoms with Crippen LogP contribution in [0.4, 0.5) is 8.78 Å². The summed E-state index contributed by atoms with van der Waals surface area (Å²) in [5, 5.41) is 0. The number of ether oxygens (including phenoxy) is 1. The van der Waals surface area contributed by atoms with Gasteiger partial charge in [-0.2, -0.15) is 0 Å². The Morgan fingerprint density at radius 1 is 0.634 bits per heavy atom. The van der Waals surface area contributed by atoms with E-state index in [2.05, 4.69) is 13.8 Å². The van der Waals surface area contributed by atoms with Crippen LogP contribution in [0.1, 0.15) is 124 Å². The maximum atomic E-state index is 14.8. The molecular formula is C36H44F2O3. The summed E-state index contributed by atoms with van der Waals surface area (Å²) in [6.07, 6.45) is 14.0. The van der Waals surface area contributed by atoms with Crippen molar-refractivity contribution >= 4 is 11.8 Å². The van der Waals surface area contributed by atoms with Crippen LogP contribution in [0.25, 0.3) is 11.1 Å². The third-order valence-corrected chi connectivity index (χ3v) is 7.54. The Kier molecular flexibility index (Phi) is 13.7. The van der Waals surface area contributed by atoms with Crippen LogP contribution in [0.2, 0.25) is 0 Å². The molecule has 0 atom stereocenters. The van der Waals surface area contributed by atoms with E-state index < -0.39 is 23.2 Å². The van der Waals surface area contributed by atoms with Crippen LogP contribution >= 0.6 is 0 Å². The van der Waals surface area contributed by atoms with Crippen LogP contribution in [0.15, 0.2) is 60.7 Å². The van der Waals surface area contributed by atoms with Gasteiger partial charge in [0.05, 0.1) is 5.56 Å². The Labute approximate surface area is 244 Å². The van der Waals surface area contributed by atoms with Gasteiger partial charge in [-0.3, -0.25) is 4.79 Å². The molecule has 3 rings (SSSR count). The molecule has 0 spiro atoms. The van der Waals surface area contributed by atoms with Crippen molar-refractivity contribution in [2.45, 2.75) is 104 Å². The molecule has 0 unspecified atom stereocenters. The number of carbonyl (C=O) groups excluding carboxylic acids is 2. The molecule has 220 valence electrons. The average Bonchev–Trinajstić information content (AvgIpc) is 2.99. The molecule has 3 aromatic rings. The molecule has 0 aliphatic heterocycles. The lowest BCUT2D eigenvalue weighted by atomic mass is 9.94. The molecule has 5 heteroatoms. The quantitative estimate of drug-likeness (QED) is 0.0670. The van der Waals surface area contributed by atoms with Crippen LogP contribution in [-0.2, 0) is 6.42 Å². The largest absolute Gasteiger partial charge is 0.423 e. The van der Waals surface area contributed by atoms with Gasteiger partial charge >= 0.3 is 5.97 Å². The average molecular weight is 563 g/mol. The molecule has 0 bridgehead atoms. The van der Waals surface area contributed by atoms with Gasteiger partial charge in [0.2, 0.25) is 0 Å². The van der Waals surface area contributed by atoms with Crippen molar-refractivity contribution in [1.82, 2.24) is 0 Å². The normalized spacial score (nSPS) is 11.0. The predicted molar refractivity (Wildman–Crippen MR) is 163 cm³/mol. The molecule has 0 aliphatic rings. The lowest BCUT2D eigenvalue weighted by molar-refractivity contribution is 0.0728. The molecule has 0 saturated carbocycles. The Morgan fingerprint density at radius 3 is 1.93 bits per heavy atom. The predicted octanol–water partition coefficient (Wildman–Crippen LogP) is 10.7. The number of esters is 1. The highest BCUT2D eigenvalue weighted by Gasteiger charge is 2.20. The summed E-state index contributed by atoms with van der Waals surface area (Å²) in [4.78, 5) is 25.6. The molecule has 3 nitrogen and oxygen atoms in total. The van der Waals surface area contributed by atoms with Crippen molar-refractivity contribution in [2.75, 3.05) is 0 Å². The van der Waals surface area contributed by atoms with E-state index in [4.69, 9.17) is 4.74 Å². The summed E-state index contributed by atoms with van der Waals surface area (Å²) in [6.45, 7) is 4.34. The van der Waals surface area contributed by atoms with E-state index in [1.54, 1.807) is 24.3 Å². The van der Waals surface area contributed by atoms with Gasteiger partial charge in [0.1, 0.15) is 5.75 Å². The maximum Gasteiger partial charge on any atom is 0.346 e. The van der Waals surface area contributed by atoms with Gasteiger partial charge in [-0.15, -0.1) is 0 Å². The highest BCUT2D eigenvalue weighted by atomic mass is 19.2. The minimum Gasteiger partial charge on any atom is -0.423 e. The lowest BCUT2D eigenvalue weighted by Gasteiger charge is -2.11. The Hall–Kier alpha value is -3.34. The van der Waals surface area contributed by atoms with E-state index in [0.29, 0.717) is 18.4 Å². The zero-order valence-corrected chi connectivity index (χ0v) is 24.7. The van der Waals surface area contributed by atoms with Gasteiger partial charge in [0.25, 0.3) is 0 Å². The third kappa shape index (κ3) is 9.91. The summed E-state index contributed by atoms with van der Waals surface area (Å²) in [7, 11) is 0. The second-order valence-electron chi connectivity index (χ2n) is 10.8.